The fraction of sp³-hybridized carbons (Fsp3) is 0.300. The van der Waals surface area contributed by atoms with Gasteiger partial charge in [0.05, 0.1) is 12.7 Å². The Morgan fingerprint density at radius 3 is 2.53 bits per heavy atom. The summed E-state index contributed by atoms with van der Waals surface area (Å²) in [7, 11) is 1.34. The zero-order chi connectivity index (χ0) is 10.8. The summed E-state index contributed by atoms with van der Waals surface area (Å²) >= 11 is 3.28. The second-order valence-corrected chi connectivity index (χ2v) is 3.82. The van der Waals surface area contributed by atoms with Crippen molar-refractivity contribution in [3.8, 4) is 11.5 Å². The molecule has 0 bridgehead atoms. The maximum absolute atomic E-state index is 11.4. The van der Waals surface area contributed by atoms with Gasteiger partial charge in [-0.3, -0.25) is 0 Å². The highest BCUT2D eigenvalue weighted by atomic mass is 79.9. The summed E-state index contributed by atoms with van der Waals surface area (Å²) in [6.45, 7) is 1.02. The van der Waals surface area contributed by atoms with Gasteiger partial charge in [-0.1, -0.05) is 0 Å². The summed E-state index contributed by atoms with van der Waals surface area (Å²) in [5.41, 5.74) is 0.432. The molecule has 1 aromatic carbocycles. The number of ether oxygens (including phenoxy) is 3. The molecule has 0 saturated heterocycles. The van der Waals surface area contributed by atoms with E-state index in [-0.39, 0.29) is 0 Å². The molecule has 0 fully saturated rings. The van der Waals surface area contributed by atoms with Crippen LogP contribution in [-0.4, -0.2) is 26.3 Å². The number of hydrogen-bond donors (Lipinski definition) is 0. The molecule has 0 radical (unpaired) electrons. The van der Waals surface area contributed by atoms with Gasteiger partial charge >= 0.3 is 5.97 Å². The van der Waals surface area contributed by atoms with Gasteiger partial charge in [-0.15, -0.1) is 0 Å². The molecular weight excluding hydrogens is 264 g/mol. The average molecular weight is 273 g/mol. The van der Waals surface area contributed by atoms with Gasteiger partial charge in [0.25, 0.3) is 0 Å². The largest absolute Gasteiger partial charge is 0.486 e. The van der Waals surface area contributed by atoms with Crippen molar-refractivity contribution in [1.82, 2.24) is 0 Å². The molecule has 0 unspecified atom stereocenters. The Kier molecular flexibility index (Phi) is 2.81. The number of benzene rings is 1. The normalized spacial score (nSPS) is 13.5. The highest BCUT2D eigenvalue weighted by molar-refractivity contribution is 9.10. The van der Waals surface area contributed by atoms with Crippen molar-refractivity contribution in [1.29, 1.82) is 0 Å². The summed E-state index contributed by atoms with van der Waals surface area (Å²) in [6.07, 6.45) is 0. The lowest BCUT2D eigenvalue weighted by Gasteiger charge is -2.19. The number of fused-ring (bicyclic) bond motifs is 1. The summed E-state index contributed by atoms with van der Waals surface area (Å²) in [6, 6.07) is 3.32. The molecule has 0 aliphatic carbocycles. The third-order valence-corrected chi connectivity index (χ3v) is 2.69. The zero-order valence-corrected chi connectivity index (χ0v) is 9.67. The number of esters is 1. The lowest BCUT2D eigenvalue weighted by atomic mass is 10.2. The first kappa shape index (κ1) is 10.3. The molecule has 0 atom stereocenters. The molecule has 15 heavy (non-hydrogen) atoms. The molecule has 80 valence electrons. The van der Waals surface area contributed by atoms with Crippen molar-refractivity contribution in [3.63, 3.8) is 0 Å². The zero-order valence-electron chi connectivity index (χ0n) is 8.08. The van der Waals surface area contributed by atoms with Crippen LogP contribution in [0.1, 0.15) is 10.4 Å². The van der Waals surface area contributed by atoms with Gasteiger partial charge in [0.2, 0.25) is 0 Å². The van der Waals surface area contributed by atoms with Gasteiger partial charge in [-0.05, 0) is 28.1 Å². The molecular formula is C10H9BrO4. The van der Waals surface area contributed by atoms with Crippen molar-refractivity contribution >= 4 is 21.9 Å². The Bertz CT molecular complexity index is 403. The molecule has 0 amide bonds. The van der Waals surface area contributed by atoms with E-state index in [4.69, 9.17) is 9.47 Å². The number of carbonyl (C=O) groups excluding carboxylic acids is 1. The smallest absolute Gasteiger partial charge is 0.339 e. The Morgan fingerprint density at radius 1 is 1.33 bits per heavy atom. The van der Waals surface area contributed by atoms with Crippen LogP contribution < -0.4 is 9.47 Å². The summed E-state index contributed by atoms with van der Waals surface area (Å²) in [5.74, 6) is 0.810. The number of carbonyl (C=O) groups is 1. The number of methoxy groups -OCH3 is 1. The van der Waals surface area contributed by atoms with Gasteiger partial charge in [-0.25, -0.2) is 4.79 Å². The second kappa shape index (κ2) is 4.10. The van der Waals surface area contributed by atoms with Crippen LogP contribution in [0.3, 0.4) is 0 Å². The van der Waals surface area contributed by atoms with Crippen LogP contribution in [0.4, 0.5) is 0 Å². The Labute approximate surface area is 95.3 Å². The minimum Gasteiger partial charge on any atom is -0.486 e. The molecule has 0 spiro atoms. The predicted molar refractivity (Wildman–Crippen MR) is 56.5 cm³/mol. The lowest BCUT2D eigenvalue weighted by molar-refractivity contribution is 0.0598. The second-order valence-electron chi connectivity index (χ2n) is 2.97. The van der Waals surface area contributed by atoms with Crippen LogP contribution in [0.25, 0.3) is 0 Å². The first-order valence-corrected chi connectivity index (χ1v) is 5.19. The topological polar surface area (TPSA) is 44.8 Å². The monoisotopic (exact) mass is 272 g/mol. The van der Waals surface area contributed by atoms with E-state index < -0.39 is 5.97 Å². The molecule has 0 N–H and O–H groups in total. The average Bonchev–Trinajstić information content (AvgIpc) is 2.27. The van der Waals surface area contributed by atoms with Crippen LogP contribution in [0.5, 0.6) is 11.5 Å². The maximum Gasteiger partial charge on any atom is 0.339 e. The van der Waals surface area contributed by atoms with E-state index in [2.05, 4.69) is 20.7 Å². The van der Waals surface area contributed by atoms with E-state index in [1.807, 2.05) is 0 Å². The van der Waals surface area contributed by atoms with Gasteiger partial charge in [0.15, 0.2) is 11.5 Å². The van der Waals surface area contributed by atoms with Crippen molar-refractivity contribution in [3.05, 3.63) is 22.2 Å². The minimum atomic E-state index is -0.404. The van der Waals surface area contributed by atoms with Crippen molar-refractivity contribution in [2.75, 3.05) is 20.3 Å². The van der Waals surface area contributed by atoms with E-state index in [1.54, 1.807) is 12.1 Å². The first-order valence-electron chi connectivity index (χ1n) is 4.40. The summed E-state index contributed by atoms with van der Waals surface area (Å²) in [4.78, 5) is 11.4. The molecule has 5 heteroatoms. The summed E-state index contributed by atoms with van der Waals surface area (Å²) < 4.78 is 16.0. The standard InChI is InChI=1S/C10H9BrO4/c1-13-10(12)6-4-8-9(5-7(6)11)15-3-2-14-8/h4-5H,2-3H2,1H3. The lowest BCUT2D eigenvalue weighted by Crippen LogP contribution is -2.16. The molecule has 0 aromatic heterocycles. The van der Waals surface area contributed by atoms with Crippen molar-refractivity contribution in [2.24, 2.45) is 0 Å². The van der Waals surface area contributed by atoms with Crippen molar-refractivity contribution in [2.45, 2.75) is 0 Å². The van der Waals surface area contributed by atoms with Crippen LogP contribution in [0, 0.1) is 0 Å². The fourth-order valence-corrected chi connectivity index (χ4v) is 1.81. The summed E-state index contributed by atoms with van der Waals surface area (Å²) in [5, 5.41) is 0. The number of rotatable bonds is 1. The van der Waals surface area contributed by atoms with E-state index in [1.165, 1.54) is 7.11 Å². The van der Waals surface area contributed by atoms with Gasteiger partial charge in [0, 0.05) is 4.47 Å². The van der Waals surface area contributed by atoms with E-state index in [0.717, 1.165) is 0 Å². The molecule has 1 aromatic rings. The third-order valence-electron chi connectivity index (χ3n) is 2.04. The Hall–Kier alpha value is -1.23. The number of halogens is 1. The van der Waals surface area contributed by atoms with Gasteiger partial charge < -0.3 is 14.2 Å². The van der Waals surface area contributed by atoms with Gasteiger partial charge in [-0.2, -0.15) is 0 Å². The van der Waals surface area contributed by atoms with E-state index in [9.17, 15) is 4.79 Å². The van der Waals surface area contributed by atoms with Crippen LogP contribution in [0.15, 0.2) is 16.6 Å². The molecule has 1 heterocycles. The Morgan fingerprint density at radius 2 is 1.93 bits per heavy atom. The fourth-order valence-electron chi connectivity index (χ4n) is 1.33. The third kappa shape index (κ3) is 1.92. The quantitative estimate of drug-likeness (QED) is 0.734. The predicted octanol–water partition coefficient (Wildman–Crippen LogP) is 2.01. The molecule has 0 saturated carbocycles. The maximum atomic E-state index is 11.4. The minimum absolute atomic E-state index is 0.404. The molecule has 4 nitrogen and oxygen atoms in total. The van der Waals surface area contributed by atoms with E-state index >= 15 is 0 Å². The van der Waals surface area contributed by atoms with Crippen molar-refractivity contribution < 1.29 is 19.0 Å². The number of hydrogen-bond acceptors (Lipinski definition) is 4. The highest BCUT2D eigenvalue weighted by Crippen LogP contribution is 2.35. The molecule has 1 aliphatic rings. The highest BCUT2D eigenvalue weighted by Gasteiger charge is 2.18. The molecule has 2 rings (SSSR count). The van der Waals surface area contributed by atoms with Crippen LogP contribution in [0.2, 0.25) is 0 Å². The SMILES string of the molecule is COC(=O)c1cc2c(cc1Br)OCCO2. The van der Waals surface area contributed by atoms with E-state index in [0.29, 0.717) is 34.7 Å². The first-order chi connectivity index (χ1) is 7.22. The van der Waals surface area contributed by atoms with Gasteiger partial charge in [0.1, 0.15) is 13.2 Å². The van der Waals surface area contributed by atoms with Crippen LogP contribution >= 0.6 is 15.9 Å². The Balaban J connectivity index is 2.44. The molecule has 1 aliphatic heterocycles. The van der Waals surface area contributed by atoms with Crippen LogP contribution in [-0.2, 0) is 4.74 Å².